The van der Waals surface area contributed by atoms with Crippen molar-refractivity contribution in [3.05, 3.63) is 53.0 Å². The minimum atomic E-state index is -3.62. The molecule has 1 atom stereocenters. The van der Waals surface area contributed by atoms with E-state index >= 15 is 0 Å². The van der Waals surface area contributed by atoms with Gasteiger partial charge in [0.2, 0.25) is 10.0 Å². The van der Waals surface area contributed by atoms with Gasteiger partial charge in [-0.15, -0.1) is 0 Å². The summed E-state index contributed by atoms with van der Waals surface area (Å²) in [7, 11) is -3.62. The third kappa shape index (κ3) is 3.99. The molecule has 1 aliphatic rings. The molecule has 0 amide bonds. The van der Waals surface area contributed by atoms with Crippen LogP contribution in [-0.4, -0.2) is 38.5 Å². The van der Waals surface area contributed by atoms with E-state index in [0.29, 0.717) is 35.5 Å². The number of sulfonamides is 1. The van der Waals surface area contributed by atoms with Crippen LogP contribution in [0.15, 0.2) is 57.9 Å². The fourth-order valence-electron chi connectivity index (χ4n) is 2.73. The van der Waals surface area contributed by atoms with E-state index in [1.54, 1.807) is 24.3 Å². The zero-order valence-electron chi connectivity index (χ0n) is 13.9. The first-order chi connectivity index (χ1) is 12.0. The Labute approximate surface area is 156 Å². The van der Waals surface area contributed by atoms with E-state index in [0.717, 1.165) is 0 Å². The van der Waals surface area contributed by atoms with Crippen LogP contribution >= 0.6 is 15.9 Å². The van der Waals surface area contributed by atoms with Gasteiger partial charge >= 0.3 is 0 Å². The molecule has 0 aromatic heterocycles. The molecule has 0 aliphatic carbocycles. The molecular weight excluding hydrogens is 406 g/mol. The first-order valence-corrected chi connectivity index (χ1v) is 10.4. The van der Waals surface area contributed by atoms with Crippen molar-refractivity contribution in [3.8, 4) is 11.5 Å². The molecule has 1 heterocycles. The van der Waals surface area contributed by atoms with Gasteiger partial charge in [0.25, 0.3) is 0 Å². The Balaban J connectivity index is 1.82. The van der Waals surface area contributed by atoms with Crippen molar-refractivity contribution < 1.29 is 17.9 Å². The van der Waals surface area contributed by atoms with E-state index in [-0.39, 0.29) is 17.5 Å². The molecule has 2 aromatic carbocycles. The molecule has 7 heteroatoms. The highest BCUT2D eigenvalue weighted by atomic mass is 79.9. The van der Waals surface area contributed by atoms with E-state index in [1.807, 2.05) is 31.2 Å². The van der Waals surface area contributed by atoms with Crippen molar-refractivity contribution in [2.45, 2.75) is 24.3 Å². The number of rotatable bonds is 6. The standard InChI is InChI=1S/C18H20BrNO4S/c1-2-11-20(25(21,22)18-10-6-3-7-15(18)19)12-14-13-23-16-8-4-5-9-17(16)24-14/h3-10,14H,2,11-13H2,1H3. The summed E-state index contributed by atoms with van der Waals surface area (Å²) < 4.78 is 39.8. The predicted octanol–water partition coefficient (Wildman–Crippen LogP) is 3.69. The summed E-state index contributed by atoms with van der Waals surface area (Å²) in [4.78, 5) is 0.264. The van der Waals surface area contributed by atoms with Gasteiger partial charge in [0.15, 0.2) is 11.5 Å². The molecule has 0 radical (unpaired) electrons. The van der Waals surface area contributed by atoms with E-state index in [1.165, 1.54) is 4.31 Å². The Morgan fingerprint density at radius 2 is 1.80 bits per heavy atom. The van der Waals surface area contributed by atoms with Gasteiger partial charge in [-0.1, -0.05) is 31.2 Å². The van der Waals surface area contributed by atoms with Crippen LogP contribution in [0.5, 0.6) is 11.5 Å². The number of halogens is 1. The second-order valence-electron chi connectivity index (χ2n) is 5.79. The lowest BCUT2D eigenvalue weighted by atomic mass is 10.2. The zero-order chi connectivity index (χ0) is 17.9. The second kappa shape index (κ2) is 7.76. The van der Waals surface area contributed by atoms with Crippen LogP contribution in [0, 0.1) is 0 Å². The summed E-state index contributed by atoms with van der Waals surface area (Å²) in [6.45, 7) is 2.94. The molecule has 2 aromatic rings. The minimum Gasteiger partial charge on any atom is -0.486 e. The van der Waals surface area contributed by atoms with Gasteiger partial charge in [0.05, 0.1) is 11.4 Å². The molecule has 0 saturated carbocycles. The summed E-state index contributed by atoms with van der Waals surface area (Å²) in [5.74, 6) is 1.34. The Morgan fingerprint density at radius 1 is 1.12 bits per heavy atom. The van der Waals surface area contributed by atoms with Crippen LogP contribution in [-0.2, 0) is 10.0 Å². The number of hydrogen-bond donors (Lipinski definition) is 0. The van der Waals surface area contributed by atoms with Gasteiger partial charge in [-0.2, -0.15) is 4.31 Å². The largest absolute Gasteiger partial charge is 0.486 e. The number of para-hydroxylation sites is 2. The Bertz CT molecular complexity index is 840. The molecular formula is C18H20BrNO4S. The topological polar surface area (TPSA) is 55.8 Å². The van der Waals surface area contributed by atoms with Crippen molar-refractivity contribution in [1.82, 2.24) is 4.31 Å². The maximum atomic E-state index is 13.1. The van der Waals surface area contributed by atoms with Crippen LogP contribution in [0.4, 0.5) is 0 Å². The lowest BCUT2D eigenvalue weighted by molar-refractivity contribution is 0.0764. The summed E-state index contributed by atoms with van der Waals surface area (Å²) >= 11 is 3.34. The van der Waals surface area contributed by atoms with Gasteiger partial charge in [-0.3, -0.25) is 0 Å². The van der Waals surface area contributed by atoms with Crippen LogP contribution in [0.25, 0.3) is 0 Å². The molecule has 1 unspecified atom stereocenters. The summed E-state index contributed by atoms with van der Waals surface area (Å²) in [5, 5.41) is 0. The van der Waals surface area contributed by atoms with Gasteiger partial charge in [0, 0.05) is 11.0 Å². The van der Waals surface area contributed by atoms with Gasteiger partial charge < -0.3 is 9.47 Å². The molecule has 0 N–H and O–H groups in total. The Morgan fingerprint density at radius 3 is 2.52 bits per heavy atom. The molecule has 134 valence electrons. The highest BCUT2D eigenvalue weighted by Crippen LogP contribution is 2.32. The van der Waals surface area contributed by atoms with E-state index < -0.39 is 10.0 Å². The molecule has 0 fully saturated rings. The average Bonchev–Trinajstić information content (AvgIpc) is 2.61. The maximum Gasteiger partial charge on any atom is 0.244 e. The SMILES string of the molecule is CCCN(CC1COc2ccccc2O1)S(=O)(=O)c1ccccc1Br. The van der Waals surface area contributed by atoms with Crippen molar-refractivity contribution in [3.63, 3.8) is 0 Å². The Hall–Kier alpha value is -1.57. The summed E-state index contributed by atoms with van der Waals surface area (Å²) in [5.41, 5.74) is 0. The lowest BCUT2D eigenvalue weighted by Gasteiger charge is -2.31. The predicted molar refractivity (Wildman–Crippen MR) is 99.5 cm³/mol. The second-order valence-corrected chi connectivity index (χ2v) is 8.55. The van der Waals surface area contributed by atoms with E-state index in [9.17, 15) is 8.42 Å². The van der Waals surface area contributed by atoms with Gasteiger partial charge in [-0.25, -0.2) is 8.42 Å². The number of hydrogen-bond acceptors (Lipinski definition) is 4. The molecule has 25 heavy (non-hydrogen) atoms. The molecule has 5 nitrogen and oxygen atoms in total. The molecule has 0 saturated heterocycles. The van der Waals surface area contributed by atoms with Gasteiger partial charge in [-0.05, 0) is 46.6 Å². The highest BCUT2D eigenvalue weighted by molar-refractivity contribution is 9.10. The first-order valence-electron chi connectivity index (χ1n) is 8.15. The van der Waals surface area contributed by atoms with Crippen molar-refractivity contribution in [1.29, 1.82) is 0 Å². The lowest BCUT2D eigenvalue weighted by Crippen LogP contribution is -2.44. The quantitative estimate of drug-likeness (QED) is 0.707. The fourth-order valence-corrected chi connectivity index (χ4v) is 5.26. The average molecular weight is 426 g/mol. The van der Waals surface area contributed by atoms with Crippen molar-refractivity contribution >= 4 is 26.0 Å². The van der Waals surface area contributed by atoms with Crippen molar-refractivity contribution in [2.24, 2.45) is 0 Å². The van der Waals surface area contributed by atoms with Crippen molar-refractivity contribution in [2.75, 3.05) is 19.7 Å². The minimum absolute atomic E-state index is 0.242. The molecule has 1 aliphatic heterocycles. The van der Waals surface area contributed by atoms with Crippen LogP contribution in [0.3, 0.4) is 0 Å². The number of benzene rings is 2. The molecule has 0 spiro atoms. The van der Waals surface area contributed by atoms with E-state index in [4.69, 9.17) is 9.47 Å². The van der Waals surface area contributed by atoms with Gasteiger partial charge in [0.1, 0.15) is 12.7 Å². The van der Waals surface area contributed by atoms with Crippen LogP contribution in [0.1, 0.15) is 13.3 Å². The van der Waals surface area contributed by atoms with E-state index in [2.05, 4.69) is 15.9 Å². The summed E-state index contributed by atoms with van der Waals surface area (Å²) in [6.07, 6.45) is 0.368. The first kappa shape index (κ1) is 18.2. The molecule has 3 rings (SSSR count). The third-order valence-corrected chi connectivity index (χ3v) is 6.78. The maximum absolute atomic E-state index is 13.1. The number of nitrogens with zero attached hydrogens (tertiary/aromatic N) is 1. The number of ether oxygens (including phenoxy) is 2. The number of fused-ring (bicyclic) bond motifs is 1. The Kier molecular flexibility index (Phi) is 5.66. The normalized spacial score (nSPS) is 16.8. The summed E-state index contributed by atoms with van der Waals surface area (Å²) in [6, 6.07) is 14.3. The monoisotopic (exact) mass is 425 g/mol. The fraction of sp³-hybridized carbons (Fsp3) is 0.333. The third-order valence-electron chi connectivity index (χ3n) is 3.90. The smallest absolute Gasteiger partial charge is 0.244 e. The molecule has 0 bridgehead atoms. The highest BCUT2D eigenvalue weighted by Gasteiger charge is 2.31. The van der Waals surface area contributed by atoms with Crippen LogP contribution in [0.2, 0.25) is 0 Å². The zero-order valence-corrected chi connectivity index (χ0v) is 16.3. The van der Waals surface area contributed by atoms with Crippen LogP contribution < -0.4 is 9.47 Å².